The normalized spacial score (nSPS) is 12.6. The lowest BCUT2D eigenvalue weighted by Crippen LogP contribution is -2.41. The second-order valence-corrected chi connectivity index (χ2v) is 13.0. The maximum absolute atomic E-state index is 12.3. The number of methoxy groups -OCH3 is 1. The Morgan fingerprint density at radius 1 is 0.750 bits per heavy atom. The van der Waals surface area contributed by atoms with Crippen LogP contribution in [-0.4, -0.2) is 98.7 Å². The van der Waals surface area contributed by atoms with Gasteiger partial charge in [0, 0.05) is 24.3 Å². The van der Waals surface area contributed by atoms with Gasteiger partial charge in [0.1, 0.15) is 12.1 Å². The standard InChI is InChI=1S/C28H54N4O6S2/c1-29-19-13-9-5-7-11-15-25(33)30-23(27(35)36)17-21-39-40-22-18-24(28(37)38-4)31-26(34)16-12-8-6-10-14-20-32(2)3/h23-24,29H,5-22H2,1-4H3,(H,30,33)(H,31,34)(H,35,36). The summed E-state index contributed by atoms with van der Waals surface area (Å²) in [5.41, 5.74) is 0. The minimum Gasteiger partial charge on any atom is -0.480 e. The first-order valence-corrected chi connectivity index (χ1v) is 17.1. The first-order chi connectivity index (χ1) is 19.2. The monoisotopic (exact) mass is 606 g/mol. The highest BCUT2D eigenvalue weighted by molar-refractivity contribution is 8.76. The van der Waals surface area contributed by atoms with Crippen LogP contribution in [0.4, 0.5) is 0 Å². The van der Waals surface area contributed by atoms with Gasteiger partial charge in [-0.2, -0.15) is 0 Å². The summed E-state index contributed by atoms with van der Waals surface area (Å²) < 4.78 is 4.85. The van der Waals surface area contributed by atoms with E-state index in [2.05, 4.69) is 34.9 Å². The largest absolute Gasteiger partial charge is 0.480 e. The highest BCUT2D eigenvalue weighted by atomic mass is 33.1. The van der Waals surface area contributed by atoms with Crippen LogP contribution >= 0.6 is 21.6 Å². The number of esters is 1. The number of amides is 2. The van der Waals surface area contributed by atoms with Gasteiger partial charge < -0.3 is 30.7 Å². The van der Waals surface area contributed by atoms with E-state index < -0.39 is 24.0 Å². The van der Waals surface area contributed by atoms with Gasteiger partial charge in [0.25, 0.3) is 0 Å². The Labute approximate surface area is 249 Å². The number of ether oxygens (including phenoxy) is 1. The Morgan fingerprint density at radius 2 is 1.23 bits per heavy atom. The first-order valence-electron chi connectivity index (χ1n) is 14.6. The van der Waals surface area contributed by atoms with Crippen LogP contribution in [0.15, 0.2) is 0 Å². The Balaban J connectivity index is 4.14. The van der Waals surface area contributed by atoms with E-state index in [1.165, 1.54) is 28.7 Å². The summed E-state index contributed by atoms with van der Waals surface area (Å²) >= 11 is 0. The molecule has 2 amide bonds. The zero-order valence-electron chi connectivity index (χ0n) is 25.1. The topological polar surface area (TPSA) is 137 Å². The maximum Gasteiger partial charge on any atom is 0.328 e. The zero-order chi connectivity index (χ0) is 30.0. The fraction of sp³-hybridized carbons (Fsp3) is 0.857. The van der Waals surface area contributed by atoms with Crippen molar-refractivity contribution in [1.29, 1.82) is 0 Å². The minimum atomic E-state index is -1.03. The molecule has 2 unspecified atom stereocenters. The van der Waals surface area contributed by atoms with E-state index in [4.69, 9.17) is 4.74 Å². The molecule has 0 saturated carbocycles. The fourth-order valence-corrected chi connectivity index (χ4v) is 6.18. The molecular weight excluding hydrogens is 552 g/mol. The molecule has 0 aliphatic heterocycles. The number of aliphatic carboxylic acids is 1. The summed E-state index contributed by atoms with van der Waals surface area (Å²) in [6.45, 7) is 2.07. The third kappa shape index (κ3) is 23.2. The summed E-state index contributed by atoms with van der Waals surface area (Å²) in [7, 11) is 10.4. The SMILES string of the molecule is CNCCCCCCCC(=O)NC(CCSSCCC(NC(=O)CCCCCCCN(C)C)C(=O)OC)C(=O)O. The molecule has 0 heterocycles. The molecule has 0 aromatic heterocycles. The zero-order valence-corrected chi connectivity index (χ0v) is 26.8. The third-order valence-electron chi connectivity index (χ3n) is 6.36. The van der Waals surface area contributed by atoms with E-state index in [9.17, 15) is 24.3 Å². The average molecular weight is 607 g/mol. The molecule has 0 aliphatic rings. The van der Waals surface area contributed by atoms with Gasteiger partial charge in [-0.15, -0.1) is 0 Å². The van der Waals surface area contributed by atoms with Crippen LogP contribution in [0.3, 0.4) is 0 Å². The van der Waals surface area contributed by atoms with Gasteiger partial charge in [0.2, 0.25) is 11.8 Å². The van der Waals surface area contributed by atoms with Crippen LogP contribution in [0.25, 0.3) is 0 Å². The van der Waals surface area contributed by atoms with Crippen molar-refractivity contribution < 1.29 is 29.0 Å². The number of nitrogens with zero attached hydrogens (tertiary/aromatic N) is 1. The van der Waals surface area contributed by atoms with Gasteiger partial charge in [-0.1, -0.05) is 60.1 Å². The molecule has 40 heavy (non-hydrogen) atoms. The lowest BCUT2D eigenvalue weighted by Gasteiger charge is -2.16. The summed E-state index contributed by atoms with van der Waals surface area (Å²) in [5.74, 6) is -0.731. The highest BCUT2D eigenvalue weighted by Crippen LogP contribution is 2.24. The van der Waals surface area contributed by atoms with E-state index in [-0.39, 0.29) is 11.8 Å². The molecule has 234 valence electrons. The lowest BCUT2D eigenvalue weighted by molar-refractivity contribution is -0.145. The second kappa shape index (κ2) is 26.4. The molecule has 10 nitrogen and oxygen atoms in total. The van der Waals surface area contributed by atoms with Crippen molar-refractivity contribution in [2.75, 3.05) is 52.8 Å². The van der Waals surface area contributed by atoms with Crippen molar-refractivity contribution in [2.24, 2.45) is 0 Å². The predicted molar refractivity (Wildman–Crippen MR) is 166 cm³/mol. The van der Waals surface area contributed by atoms with Crippen LogP contribution in [0.5, 0.6) is 0 Å². The Morgan fingerprint density at radius 3 is 1.73 bits per heavy atom. The van der Waals surface area contributed by atoms with Crippen molar-refractivity contribution in [3.63, 3.8) is 0 Å². The summed E-state index contributed by atoms with van der Waals surface area (Å²) in [5, 5.41) is 18.0. The number of unbranched alkanes of at least 4 members (excludes halogenated alkanes) is 8. The maximum atomic E-state index is 12.3. The van der Waals surface area contributed by atoms with E-state index in [1.54, 1.807) is 0 Å². The van der Waals surface area contributed by atoms with Gasteiger partial charge in [-0.3, -0.25) is 9.59 Å². The predicted octanol–water partition coefficient (Wildman–Crippen LogP) is 3.84. The summed E-state index contributed by atoms with van der Waals surface area (Å²) in [6.07, 6.45) is 11.7. The van der Waals surface area contributed by atoms with E-state index in [1.807, 2.05) is 7.05 Å². The molecule has 0 spiro atoms. The number of carbonyl (C=O) groups excluding carboxylic acids is 3. The summed E-state index contributed by atoms with van der Waals surface area (Å²) in [6, 6.07) is -1.61. The average Bonchev–Trinajstić information content (AvgIpc) is 2.91. The van der Waals surface area contributed by atoms with Crippen molar-refractivity contribution in [1.82, 2.24) is 20.9 Å². The Kier molecular flexibility index (Phi) is 25.4. The quantitative estimate of drug-likeness (QED) is 0.0620. The van der Waals surface area contributed by atoms with Gasteiger partial charge in [-0.05, 0) is 72.8 Å². The molecule has 12 heteroatoms. The molecule has 0 aliphatic carbocycles. The van der Waals surface area contributed by atoms with Gasteiger partial charge in [-0.25, -0.2) is 9.59 Å². The van der Waals surface area contributed by atoms with Gasteiger partial charge >= 0.3 is 11.9 Å². The molecule has 0 radical (unpaired) electrons. The molecule has 0 fully saturated rings. The molecule has 0 rings (SSSR count). The van der Waals surface area contributed by atoms with Crippen LogP contribution in [0.2, 0.25) is 0 Å². The summed E-state index contributed by atoms with van der Waals surface area (Å²) in [4.78, 5) is 50.3. The number of carboxylic acids is 1. The van der Waals surface area contributed by atoms with Crippen LogP contribution < -0.4 is 16.0 Å². The second-order valence-electron chi connectivity index (χ2n) is 10.3. The van der Waals surface area contributed by atoms with Gasteiger partial charge in [0.15, 0.2) is 0 Å². The molecular formula is C28H54N4O6S2. The van der Waals surface area contributed by atoms with Crippen molar-refractivity contribution >= 4 is 45.3 Å². The number of hydrogen-bond acceptors (Lipinski definition) is 9. The lowest BCUT2D eigenvalue weighted by atomic mass is 10.1. The third-order valence-corrected chi connectivity index (χ3v) is 8.83. The number of nitrogens with one attached hydrogen (secondary N) is 3. The molecule has 0 bridgehead atoms. The Bertz CT molecular complexity index is 700. The number of rotatable bonds is 27. The van der Waals surface area contributed by atoms with Crippen LogP contribution in [-0.2, 0) is 23.9 Å². The number of carboxylic acid groups (broad SMARTS) is 1. The number of carbonyl (C=O) groups is 4. The molecule has 0 saturated heterocycles. The van der Waals surface area contributed by atoms with Crippen molar-refractivity contribution in [2.45, 2.75) is 102 Å². The van der Waals surface area contributed by atoms with E-state index in [0.29, 0.717) is 37.2 Å². The van der Waals surface area contributed by atoms with Crippen LogP contribution in [0.1, 0.15) is 89.9 Å². The Hall–Kier alpha value is -1.50. The van der Waals surface area contributed by atoms with Gasteiger partial charge in [0.05, 0.1) is 7.11 Å². The van der Waals surface area contributed by atoms with E-state index in [0.717, 1.165) is 77.3 Å². The minimum absolute atomic E-state index is 0.143. The van der Waals surface area contributed by atoms with Crippen molar-refractivity contribution in [3.05, 3.63) is 0 Å². The fourth-order valence-electron chi connectivity index (χ4n) is 3.99. The first kappa shape index (κ1) is 38.5. The molecule has 0 aromatic carbocycles. The smallest absolute Gasteiger partial charge is 0.328 e. The highest BCUT2D eigenvalue weighted by Gasteiger charge is 2.22. The molecule has 0 aromatic rings. The molecule has 2 atom stereocenters. The van der Waals surface area contributed by atoms with Crippen molar-refractivity contribution in [3.8, 4) is 0 Å². The number of hydrogen-bond donors (Lipinski definition) is 4. The molecule has 4 N–H and O–H groups in total. The van der Waals surface area contributed by atoms with Crippen LogP contribution in [0, 0.1) is 0 Å². The van der Waals surface area contributed by atoms with E-state index >= 15 is 0 Å².